The normalized spacial score (nSPS) is 32.0. The van der Waals surface area contributed by atoms with E-state index in [2.05, 4.69) is 0 Å². The van der Waals surface area contributed by atoms with Gasteiger partial charge in [0.15, 0.2) is 0 Å². The number of rotatable bonds is 1. The Labute approximate surface area is 115 Å². The first kappa shape index (κ1) is 15.0. The van der Waals surface area contributed by atoms with Gasteiger partial charge in [-0.1, -0.05) is 0 Å². The van der Waals surface area contributed by atoms with Crippen LogP contribution in [-0.2, 0) is 9.53 Å². The lowest BCUT2D eigenvalue weighted by atomic mass is 9.72. The van der Waals surface area contributed by atoms with Crippen LogP contribution in [0.25, 0.3) is 0 Å². The molecule has 0 radical (unpaired) electrons. The third-order valence-corrected chi connectivity index (χ3v) is 3.79. The molecule has 0 aromatic heterocycles. The number of carbonyl (C=O) groups excluding carboxylic acids is 1. The number of carboxylic acids is 1. The summed E-state index contributed by atoms with van der Waals surface area (Å²) < 4.78 is 32.8. The molecular weight excluding hydrogens is 272 g/mol. The third-order valence-electron chi connectivity index (χ3n) is 3.79. The number of carbonyl (C=O) groups is 2. The summed E-state index contributed by atoms with van der Waals surface area (Å²) in [6, 6.07) is -2.28. The van der Waals surface area contributed by atoms with Gasteiger partial charge in [-0.05, 0) is 33.6 Å². The van der Waals surface area contributed by atoms with Crippen molar-refractivity contribution in [2.75, 3.05) is 0 Å². The van der Waals surface area contributed by atoms with Crippen molar-refractivity contribution in [3.63, 3.8) is 0 Å². The van der Waals surface area contributed by atoms with E-state index in [4.69, 9.17) is 4.74 Å². The lowest BCUT2D eigenvalue weighted by Crippen LogP contribution is -2.67. The average molecular weight is 291 g/mol. The van der Waals surface area contributed by atoms with Gasteiger partial charge in [0.05, 0.1) is 5.92 Å². The zero-order valence-electron chi connectivity index (χ0n) is 11.7. The van der Waals surface area contributed by atoms with Crippen molar-refractivity contribution in [3.8, 4) is 0 Å². The van der Waals surface area contributed by atoms with Crippen LogP contribution in [0.2, 0.25) is 0 Å². The maximum atomic E-state index is 13.8. The number of aliphatic carboxylic acids is 1. The van der Waals surface area contributed by atoms with Crippen molar-refractivity contribution in [1.82, 2.24) is 4.90 Å². The molecule has 2 heterocycles. The lowest BCUT2D eigenvalue weighted by Gasteiger charge is -2.52. The molecule has 20 heavy (non-hydrogen) atoms. The minimum Gasteiger partial charge on any atom is -0.480 e. The minimum atomic E-state index is -3.04. The zero-order valence-corrected chi connectivity index (χ0v) is 11.7. The van der Waals surface area contributed by atoms with Crippen LogP contribution in [0.1, 0.15) is 40.0 Å². The van der Waals surface area contributed by atoms with Gasteiger partial charge in [-0.3, -0.25) is 4.90 Å². The zero-order chi connectivity index (χ0) is 15.3. The number of carboxylic acid groups (broad SMARTS) is 1. The molecule has 1 N–H and O–H groups in total. The highest BCUT2D eigenvalue weighted by molar-refractivity contribution is 5.81. The van der Waals surface area contributed by atoms with Crippen LogP contribution in [0, 0.1) is 5.92 Å². The first-order valence-electron chi connectivity index (χ1n) is 6.65. The predicted molar refractivity (Wildman–Crippen MR) is 65.6 cm³/mol. The van der Waals surface area contributed by atoms with Crippen LogP contribution in [0.15, 0.2) is 0 Å². The van der Waals surface area contributed by atoms with Gasteiger partial charge >= 0.3 is 12.1 Å². The van der Waals surface area contributed by atoms with E-state index >= 15 is 0 Å². The molecule has 0 spiro atoms. The van der Waals surface area contributed by atoms with Gasteiger partial charge in [0, 0.05) is 12.5 Å². The summed E-state index contributed by atoms with van der Waals surface area (Å²) in [5, 5.41) is 9.23. The van der Waals surface area contributed by atoms with Gasteiger partial charge < -0.3 is 9.84 Å². The summed E-state index contributed by atoms with van der Waals surface area (Å²) in [7, 11) is 0. The summed E-state index contributed by atoms with van der Waals surface area (Å²) in [6.07, 6.45) is -0.798. The molecule has 1 amide bonds. The van der Waals surface area contributed by atoms with E-state index in [1.807, 2.05) is 0 Å². The Kier molecular flexibility index (Phi) is 3.42. The van der Waals surface area contributed by atoms with Gasteiger partial charge in [0.1, 0.15) is 11.6 Å². The molecule has 2 unspecified atom stereocenters. The fourth-order valence-corrected chi connectivity index (χ4v) is 3.07. The number of halogens is 2. The summed E-state index contributed by atoms with van der Waals surface area (Å²) in [5.41, 5.74) is -0.792. The van der Waals surface area contributed by atoms with Gasteiger partial charge in [0.25, 0.3) is 5.92 Å². The number of fused-ring (bicyclic) bond motifs is 3. The van der Waals surface area contributed by atoms with Gasteiger partial charge in [0.2, 0.25) is 0 Å². The SMILES string of the molecule is CC(C)(C)OC(=O)N1C2CCC([C@@H]1C(=O)O)C(F)(F)C2. The Bertz CT molecular complexity index is 433. The first-order chi connectivity index (χ1) is 9.03. The minimum absolute atomic E-state index is 0.119. The van der Waals surface area contributed by atoms with Crippen LogP contribution >= 0.6 is 0 Å². The topological polar surface area (TPSA) is 66.8 Å². The Balaban J connectivity index is 2.28. The Hall–Kier alpha value is -1.40. The van der Waals surface area contributed by atoms with Gasteiger partial charge in [-0.15, -0.1) is 0 Å². The second-order valence-electron chi connectivity index (χ2n) is 6.47. The van der Waals surface area contributed by atoms with Crippen molar-refractivity contribution in [1.29, 1.82) is 0 Å². The van der Waals surface area contributed by atoms with Crippen molar-refractivity contribution >= 4 is 12.1 Å². The standard InChI is InChI=1S/C13H19F2NO4/c1-12(2,3)20-11(19)16-7-4-5-8(9(16)10(17)18)13(14,15)6-7/h7-9H,4-6H2,1-3H3,(H,17,18)/t7?,8?,9-/m1/s1. The maximum Gasteiger partial charge on any atom is 0.411 e. The van der Waals surface area contributed by atoms with E-state index in [0.29, 0.717) is 6.42 Å². The lowest BCUT2D eigenvalue weighted by molar-refractivity contribution is -0.192. The number of hydrogen-bond acceptors (Lipinski definition) is 3. The Morgan fingerprint density at radius 3 is 2.35 bits per heavy atom. The van der Waals surface area contributed by atoms with Crippen LogP contribution in [0.4, 0.5) is 13.6 Å². The van der Waals surface area contributed by atoms with Crippen LogP contribution in [-0.4, -0.2) is 45.7 Å². The molecule has 3 aliphatic rings. The van der Waals surface area contributed by atoms with E-state index in [1.54, 1.807) is 20.8 Å². The van der Waals surface area contributed by atoms with Crippen LogP contribution < -0.4 is 0 Å². The maximum absolute atomic E-state index is 13.8. The molecule has 3 rings (SSSR count). The Morgan fingerprint density at radius 1 is 1.30 bits per heavy atom. The number of hydrogen-bond donors (Lipinski definition) is 1. The summed E-state index contributed by atoms with van der Waals surface area (Å²) >= 11 is 0. The number of alkyl halides is 2. The number of amides is 1. The van der Waals surface area contributed by atoms with Crippen molar-refractivity contribution in [3.05, 3.63) is 0 Å². The molecular formula is C13H19F2NO4. The van der Waals surface area contributed by atoms with Crippen molar-refractivity contribution in [2.45, 2.75) is 63.6 Å². The molecule has 1 aliphatic carbocycles. The third kappa shape index (κ3) is 2.58. The largest absolute Gasteiger partial charge is 0.480 e. The van der Waals surface area contributed by atoms with Gasteiger partial charge in [-0.2, -0.15) is 0 Å². The molecule has 5 nitrogen and oxygen atoms in total. The summed E-state index contributed by atoms with van der Waals surface area (Å²) in [5.74, 6) is -5.77. The molecule has 3 atom stereocenters. The molecule has 2 aliphatic heterocycles. The Morgan fingerprint density at radius 2 is 1.90 bits per heavy atom. The van der Waals surface area contributed by atoms with E-state index in [-0.39, 0.29) is 6.42 Å². The smallest absolute Gasteiger partial charge is 0.411 e. The average Bonchev–Trinajstić information content (AvgIpc) is 2.24. The molecule has 3 fully saturated rings. The quantitative estimate of drug-likeness (QED) is 0.806. The molecule has 2 saturated heterocycles. The van der Waals surface area contributed by atoms with E-state index in [9.17, 15) is 23.5 Å². The fraction of sp³-hybridized carbons (Fsp3) is 0.846. The second kappa shape index (κ2) is 4.56. The summed E-state index contributed by atoms with van der Waals surface area (Å²) in [4.78, 5) is 24.5. The first-order valence-corrected chi connectivity index (χ1v) is 6.65. The summed E-state index contributed by atoms with van der Waals surface area (Å²) in [6.45, 7) is 4.95. The van der Waals surface area contributed by atoms with E-state index in [0.717, 1.165) is 4.90 Å². The highest BCUT2D eigenvalue weighted by Gasteiger charge is 2.61. The number of piperidine rings is 2. The predicted octanol–water partition coefficient (Wildman–Crippen LogP) is 2.49. The highest BCUT2D eigenvalue weighted by Crippen LogP contribution is 2.49. The monoisotopic (exact) mass is 291 g/mol. The number of nitrogens with zero attached hydrogens (tertiary/aromatic N) is 1. The number of ether oxygens (including phenoxy) is 1. The molecule has 2 bridgehead atoms. The molecule has 0 aromatic rings. The van der Waals surface area contributed by atoms with Gasteiger partial charge in [-0.25, -0.2) is 18.4 Å². The van der Waals surface area contributed by atoms with E-state index in [1.165, 1.54) is 0 Å². The van der Waals surface area contributed by atoms with Crippen LogP contribution in [0.5, 0.6) is 0 Å². The van der Waals surface area contributed by atoms with E-state index < -0.39 is 48.0 Å². The fourth-order valence-electron chi connectivity index (χ4n) is 3.07. The second-order valence-corrected chi connectivity index (χ2v) is 6.47. The molecule has 114 valence electrons. The van der Waals surface area contributed by atoms with Crippen molar-refractivity contribution < 1.29 is 28.2 Å². The molecule has 7 heteroatoms. The van der Waals surface area contributed by atoms with Crippen molar-refractivity contribution in [2.24, 2.45) is 5.92 Å². The molecule has 1 saturated carbocycles. The van der Waals surface area contributed by atoms with Crippen LogP contribution in [0.3, 0.4) is 0 Å². The molecule has 0 aromatic carbocycles. The highest BCUT2D eigenvalue weighted by atomic mass is 19.3.